The number of rotatable bonds is 9. The van der Waals surface area contributed by atoms with Crippen LogP contribution in [0.15, 0.2) is 53.4 Å². The summed E-state index contributed by atoms with van der Waals surface area (Å²) in [6.07, 6.45) is 1.58. The van der Waals surface area contributed by atoms with E-state index < -0.39 is 16.1 Å². The summed E-state index contributed by atoms with van der Waals surface area (Å²) in [5, 5.41) is 3.02. The van der Waals surface area contributed by atoms with Gasteiger partial charge in [-0.25, -0.2) is 8.42 Å². The Morgan fingerprint density at radius 3 is 2.43 bits per heavy atom. The number of hydrogen-bond acceptors (Lipinski definition) is 4. The van der Waals surface area contributed by atoms with Gasteiger partial charge in [-0.3, -0.25) is 4.79 Å². The van der Waals surface area contributed by atoms with E-state index in [2.05, 4.69) is 10.0 Å². The SMILES string of the molecule is COc1ccc(S(=O)(=O)N[C@H](C)C(=O)N[C@H](C)CCc2ccccc2)cc1Cl. The lowest BCUT2D eigenvalue weighted by molar-refractivity contribution is -0.123. The maximum Gasteiger partial charge on any atom is 0.241 e. The van der Waals surface area contributed by atoms with Crippen LogP contribution in [0.3, 0.4) is 0 Å². The smallest absolute Gasteiger partial charge is 0.241 e. The summed E-state index contributed by atoms with van der Waals surface area (Å²) in [5.74, 6) is -0.0117. The van der Waals surface area contributed by atoms with Gasteiger partial charge in [-0.05, 0) is 50.5 Å². The molecule has 0 aliphatic rings. The summed E-state index contributed by atoms with van der Waals surface area (Å²) < 4.78 is 32.4. The summed E-state index contributed by atoms with van der Waals surface area (Å²) in [4.78, 5) is 12.3. The third kappa shape index (κ3) is 6.22. The lowest BCUT2D eigenvalue weighted by atomic mass is 10.1. The van der Waals surface area contributed by atoms with Crippen molar-refractivity contribution < 1.29 is 17.9 Å². The molecule has 8 heteroatoms. The number of benzene rings is 2. The molecule has 0 bridgehead atoms. The van der Waals surface area contributed by atoms with Crippen LogP contribution in [0.5, 0.6) is 5.75 Å². The van der Waals surface area contributed by atoms with Crippen LogP contribution in [-0.4, -0.2) is 33.5 Å². The van der Waals surface area contributed by atoms with Gasteiger partial charge < -0.3 is 10.1 Å². The molecule has 28 heavy (non-hydrogen) atoms. The average molecular weight is 425 g/mol. The summed E-state index contributed by atoms with van der Waals surface area (Å²) in [7, 11) is -2.45. The van der Waals surface area contributed by atoms with Crippen LogP contribution >= 0.6 is 11.6 Å². The van der Waals surface area contributed by atoms with Crippen LogP contribution in [0, 0.1) is 0 Å². The number of halogens is 1. The Morgan fingerprint density at radius 1 is 1.14 bits per heavy atom. The molecule has 152 valence electrons. The van der Waals surface area contributed by atoms with Crippen molar-refractivity contribution in [3.63, 3.8) is 0 Å². The van der Waals surface area contributed by atoms with Crippen LogP contribution in [0.2, 0.25) is 5.02 Å². The molecule has 6 nitrogen and oxygen atoms in total. The number of hydrogen-bond donors (Lipinski definition) is 2. The van der Waals surface area contributed by atoms with E-state index in [9.17, 15) is 13.2 Å². The summed E-state index contributed by atoms with van der Waals surface area (Å²) in [6, 6.07) is 13.1. The molecule has 0 fully saturated rings. The normalized spacial score (nSPS) is 13.6. The van der Waals surface area contributed by atoms with Gasteiger partial charge in [0.15, 0.2) is 0 Å². The number of ether oxygens (including phenoxy) is 1. The van der Waals surface area contributed by atoms with Crippen molar-refractivity contribution in [3.05, 3.63) is 59.1 Å². The molecule has 2 aromatic carbocycles. The van der Waals surface area contributed by atoms with Crippen molar-refractivity contribution in [3.8, 4) is 5.75 Å². The zero-order chi connectivity index (χ0) is 20.7. The first kappa shape index (κ1) is 22.2. The van der Waals surface area contributed by atoms with Crippen molar-refractivity contribution in [2.75, 3.05) is 7.11 Å². The molecule has 2 rings (SSSR count). The molecule has 0 radical (unpaired) electrons. The van der Waals surface area contributed by atoms with Crippen LogP contribution in [0.1, 0.15) is 25.8 Å². The molecule has 2 aromatic rings. The summed E-state index contributed by atoms with van der Waals surface area (Å²) in [5.41, 5.74) is 1.19. The number of carbonyl (C=O) groups excluding carboxylic acids is 1. The van der Waals surface area contributed by atoms with E-state index in [1.807, 2.05) is 37.3 Å². The molecular weight excluding hydrogens is 400 g/mol. The molecule has 0 unspecified atom stereocenters. The van der Waals surface area contributed by atoms with E-state index in [4.69, 9.17) is 16.3 Å². The number of amides is 1. The molecule has 0 saturated carbocycles. The van der Waals surface area contributed by atoms with Crippen molar-refractivity contribution in [2.45, 2.75) is 43.7 Å². The van der Waals surface area contributed by atoms with Crippen LogP contribution in [0.4, 0.5) is 0 Å². The average Bonchev–Trinajstić information content (AvgIpc) is 2.66. The van der Waals surface area contributed by atoms with Gasteiger partial charge in [-0.2, -0.15) is 4.72 Å². The molecule has 1 amide bonds. The molecule has 0 aliphatic carbocycles. The van der Waals surface area contributed by atoms with E-state index >= 15 is 0 Å². The second kappa shape index (κ2) is 9.91. The van der Waals surface area contributed by atoms with Gasteiger partial charge in [0.2, 0.25) is 15.9 Å². The van der Waals surface area contributed by atoms with Gasteiger partial charge in [0, 0.05) is 6.04 Å². The van der Waals surface area contributed by atoms with E-state index in [0.717, 1.165) is 12.8 Å². The zero-order valence-electron chi connectivity index (χ0n) is 16.1. The Bertz CT molecular complexity index is 904. The number of carbonyl (C=O) groups is 1. The van der Waals surface area contributed by atoms with Crippen LogP contribution < -0.4 is 14.8 Å². The van der Waals surface area contributed by atoms with Gasteiger partial charge >= 0.3 is 0 Å². The van der Waals surface area contributed by atoms with Crippen molar-refractivity contribution >= 4 is 27.5 Å². The molecule has 2 atom stereocenters. The van der Waals surface area contributed by atoms with Crippen molar-refractivity contribution in [1.82, 2.24) is 10.0 Å². The van der Waals surface area contributed by atoms with Crippen molar-refractivity contribution in [1.29, 1.82) is 0 Å². The van der Waals surface area contributed by atoms with E-state index in [1.165, 1.54) is 37.8 Å². The lowest BCUT2D eigenvalue weighted by Crippen LogP contribution is -2.47. The lowest BCUT2D eigenvalue weighted by Gasteiger charge is -2.19. The fraction of sp³-hybridized carbons (Fsp3) is 0.350. The highest BCUT2D eigenvalue weighted by molar-refractivity contribution is 7.89. The second-order valence-corrected chi connectivity index (χ2v) is 8.69. The monoisotopic (exact) mass is 424 g/mol. The van der Waals surface area contributed by atoms with Gasteiger partial charge in [-0.1, -0.05) is 41.9 Å². The quantitative estimate of drug-likeness (QED) is 0.647. The van der Waals surface area contributed by atoms with Gasteiger partial charge in [-0.15, -0.1) is 0 Å². The highest BCUT2D eigenvalue weighted by Crippen LogP contribution is 2.26. The molecule has 0 aliphatic heterocycles. The maximum absolute atomic E-state index is 12.5. The predicted octanol–water partition coefficient (Wildman–Crippen LogP) is 3.15. The van der Waals surface area contributed by atoms with Crippen molar-refractivity contribution in [2.24, 2.45) is 0 Å². The third-order valence-electron chi connectivity index (χ3n) is 4.26. The van der Waals surface area contributed by atoms with E-state index in [-0.39, 0.29) is 21.9 Å². The largest absolute Gasteiger partial charge is 0.495 e. The second-order valence-electron chi connectivity index (χ2n) is 6.57. The number of sulfonamides is 1. The maximum atomic E-state index is 12.5. The highest BCUT2D eigenvalue weighted by Gasteiger charge is 2.23. The third-order valence-corrected chi connectivity index (χ3v) is 6.09. The minimum Gasteiger partial charge on any atom is -0.495 e. The Morgan fingerprint density at radius 2 is 1.82 bits per heavy atom. The molecule has 2 N–H and O–H groups in total. The first-order valence-corrected chi connectivity index (χ1v) is 10.8. The van der Waals surface area contributed by atoms with Gasteiger partial charge in [0.25, 0.3) is 0 Å². The number of aryl methyl sites for hydroxylation is 1. The first-order valence-electron chi connectivity index (χ1n) is 8.93. The Labute approximate surface area is 171 Å². The molecule has 0 spiro atoms. The Hall–Kier alpha value is -2.09. The highest BCUT2D eigenvalue weighted by atomic mass is 35.5. The minimum atomic E-state index is -3.89. The fourth-order valence-electron chi connectivity index (χ4n) is 2.64. The predicted molar refractivity (Wildman–Crippen MR) is 110 cm³/mol. The Kier molecular flexibility index (Phi) is 7.86. The van der Waals surface area contributed by atoms with E-state index in [1.54, 1.807) is 0 Å². The first-order chi connectivity index (χ1) is 13.2. The number of nitrogens with one attached hydrogen (secondary N) is 2. The molecule has 0 saturated heterocycles. The zero-order valence-corrected chi connectivity index (χ0v) is 17.7. The Balaban J connectivity index is 1.92. The van der Waals surface area contributed by atoms with Gasteiger partial charge in [0.05, 0.1) is 23.1 Å². The fourth-order valence-corrected chi connectivity index (χ4v) is 4.19. The number of methoxy groups -OCH3 is 1. The van der Waals surface area contributed by atoms with E-state index in [0.29, 0.717) is 5.75 Å². The topological polar surface area (TPSA) is 84.5 Å². The van der Waals surface area contributed by atoms with Crippen LogP contribution in [0.25, 0.3) is 0 Å². The molecule has 0 heterocycles. The standard InChI is InChI=1S/C20H25ClN2O4S/c1-14(9-10-16-7-5-4-6-8-16)22-20(24)15(2)23-28(25,26)17-11-12-19(27-3)18(21)13-17/h4-8,11-15,23H,9-10H2,1-3H3,(H,22,24)/t14-,15-/m1/s1. The van der Waals surface area contributed by atoms with Gasteiger partial charge in [0.1, 0.15) is 5.75 Å². The summed E-state index contributed by atoms with van der Waals surface area (Å²) in [6.45, 7) is 3.40. The van der Waals surface area contributed by atoms with Crippen LogP contribution in [-0.2, 0) is 21.2 Å². The molecule has 0 aromatic heterocycles. The summed E-state index contributed by atoms with van der Waals surface area (Å²) >= 11 is 5.99. The minimum absolute atomic E-state index is 0.0323. The molecular formula is C20H25ClN2O4S.